The van der Waals surface area contributed by atoms with Crippen molar-refractivity contribution in [2.24, 2.45) is 0 Å². The number of ether oxygens (including phenoxy) is 1. The van der Waals surface area contributed by atoms with E-state index in [-0.39, 0.29) is 11.6 Å². The van der Waals surface area contributed by atoms with Crippen LogP contribution in [0.1, 0.15) is 6.23 Å². The van der Waals surface area contributed by atoms with Crippen LogP contribution in [-0.4, -0.2) is 69.9 Å². The topological polar surface area (TPSA) is 250 Å². The number of hydrogen-bond acceptors (Lipinski definition) is 12. The molecule has 184 valence electrons. The average molecular weight is 562 g/mol. The summed E-state index contributed by atoms with van der Waals surface area (Å²) in [5.41, 5.74) is 2.74. The van der Waals surface area contributed by atoms with Gasteiger partial charge in [0, 0.05) is 11.9 Å². The van der Waals surface area contributed by atoms with Crippen molar-refractivity contribution in [3.63, 3.8) is 0 Å². The Balaban J connectivity index is 2.24. The molecule has 0 aromatic carbocycles. The van der Waals surface area contributed by atoms with E-state index in [4.69, 9.17) is 31.9 Å². The number of halogens is 1. The number of rotatable bonds is 10. The maximum absolute atomic E-state index is 12.1. The number of nitrogen functional groups attached to an aromatic ring is 1. The number of aliphatic hydroxyl groups is 1. The lowest BCUT2D eigenvalue weighted by Gasteiger charge is -2.31. The summed E-state index contributed by atoms with van der Waals surface area (Å²) in [6, 6.07) is 1.27. The smallest absolute Gasteiger partial charge is 0.388 e. The highest BCUT2D eigenvalue weighted by Gasteiger charge is 2.56. The van der Waals surface area contributed by atoms with Gasteiger partial charge in [0.1, 0.15) is 22.9 Å². The molecule has 21 heteroatoms. The molecular weight excluding hydrogens is 543 g/mol. The SMILES string of the molecule is CSC[C@]1(COP(=O)(O)OP(=O)(O)OP(=O)(O)O)OC(n2ccc(N)nc2=O)[C@H](Cl)[C@@H]1O. The molecule has 1 aliphatic rings. The molecule has 2 heterocycles. The lowest BCUT2D eigenvalue weighted by molar-refractivity contribution is -0.111. The van der Waals surface area contributed by atoms with Gasteiger partial charge in [-0.1, -0.05) is 0 Å². The van der Waals surface area contributed by atoms with Crippen molar-refractivity contribution in [2.45, 2.75) is 23.3 Å². The first kappa shape index (κ1) is 27.9. The molecule has 7 N–H and O–H groups in total. The summed E-state index contributed by atoms with van der Waals surface area (Å²) in [6.07, 6.45) is -0.132. The van der Waals surface area contributed by atoms with E-state index >= 15 is 0 Å². The number of phosphoric acid groups is 3. The molecule has 1 aromatic heterocycles. The molecule has 1 aromatic rings. The maximum Gasteiger partial charge on any atom is 0.490 e. The first-order valence-electron chi connectivity index (χ1n) is 8.13. The minimum Gasteiger partial charge on any atom is -0.388 e. The highest BCUT2D eigenvalue weighted by atomic mass is 35.5. The zero-order chi connectivity index (χ0) is 24.5. The molecule has 32 heavy (non-hydrogen) atoms. The van der Waals surface area contributed by atoms with Gasteiger partial charge in [-0.25, -0.2) is 18.5 Å². The Hall–Kier alpha value is -0.350. The van der Waals surface area contributed by atoms with E-state index < -0.39 is 59.1 Å². The molecule has 0 amide bonds. The summed E-state index contributed by atoms with van der Waals surface area (Å²) in [4.78, 5) is 51.7. The Kier molecular flexibility index (Phi) is 8.80. The van der Waals surface area contributed by atoms with Crippen LogP contribution in [0.15, 0.2) is 17.1 Å². The van der Waals surface area contributed by atoms with E-state index in [0.717, 1.165) is 16.3 Å². The predicted octanol–water partition coefficient (Wildman–Crippen LogP) is -0.232. The Morgan fingerprint density at radius 3 is 2.44 bits per heavy atom. The molecule has 2 rings (SSSR count). The number of nitrogens with zero attached hydrogens (tertiary/aromatic N) is 2. The zero-order valence-electron chi connectivity index (χ0n) is 15.9. The van der Waals surface area contributed by atoms with Crippen molar-refractivity contribution < 1.29 is 56.3 Å². The molecule has 0 aliphatic carbocycles. The number of hydrogen-bond donors (Lipinski definition) is 6. The van der Waals surface area contributed by atoms with Crippen LogP contribution in [0.2, 0.25) is 0 Å². The molecule has 0 spiro atoms. The highest BCUT2D eigenvalue weighted by molar-refractivity contribution is 7.98. The largest absolute Gasteiger partial charge is 0.490 e. The minimum atomic E-state index is -5.73. The van der Waals surface area contributed by atoms with Gasteiger partial charge in [0.05, 0.1) is 6.61 Å². The number of nitrogens with two attached hydrogens (primary N) is 1. The molecule has 0 radical (unpaired) electrons. The van der Waals surface area contributed by atoms with Gasteiger partial charge in [0.2, 0.25) is 0 Å². The normalized spacial score (nSPS) is 30.0. The summed E-state index contributed by atoms with van der Waals surface area (Å²) < 4.78 is 52.7. The second-order valence-electron chi connectivity index (χ2n) is 6.30. The Bertz CT molecular complexity index is 1040. The second kappa shape index (κ2) is 10.1. The maximum atomic E-state index is 12.1. The fraction of sp³-hybridized carbons (Fsp3) is 0.636. The molecule has 0 bridgehead atoms. The molecule has 1 saturated heterocycles. The van der Waals surface area contributed by atoms with Gasteiger partial charge in [-0.3, -0.25) is 9.09 Å². The van der Waals surface area contributed by atoms with Crippen LogP contribution in [0.3, 0.4) is 0 Å². The van der Waals surface area contributed by atoms with Crippen molar-refractivity contribution in [3.05, 3.63) is 22.7 Å². The van der Waals surface area contributed by atoms with Gasteiger partial charge in [-0.05, 0) is 12.3 Å². The van der Waals surface area contributed by atoms with Gasteiger partial charge >= 0.3 is 29.2 Å². The van der Waals surface area contributed by atoms with Crippen LogP contribution in [-0.2, 0) is 31.6 Å². The summed E-state index contributed by atoms with van der Waals surface area (Å²) in [5, 5.41) is 9.36. The molecule has 1 fully saturated rings. The quantitative estimate of drug-likeness (QED) is 0.159. The van der Waals surface area contributed by atoms with E-state index in [1.165, 1.54) is 12.3 Å². The molecule has 16 nitrogen and oxygen atoms in total. The molecule has 3 unspecified atom stereocenters. The van der Waals surface area contributed by atoms with Crippen LogP contribution in [0, 0.1) is 0 Å². The van der Waals surface area contributed by atoms with Gasteiger partial charge in [-0.15, -0.1) is 11.6 Å². The summed E-state index contributed by atoms with van der Waals surface area (Å²) in [5.74, 6) is -0.195. The van der Waals surface area contributed by atoms with E-state index in [0.29, 0.717) is 0 Å². The van der Waals surface area contributed by atoms with E-state index in [1.807, 2.05) is 0 Å². The van der Waals surface area contributed by atoms with Crippen LogP contribution >= 0.6 is 46.8 Å². The van der Waals surface area contributed by atoms with Crippen molar-refractivity contribution >= 4 is 52.6 Å². The minimum absolute atomic E-state index is 0.0843. The van der Waals surface area contributed by atoms with Crippen LogP contribution < -0.4 is 11.4 Å². The first-order chi connectivity index (χ1) is 14.5. The zero-order valence-corrected chi connectivity index (χ0v) is 20.2. The van der Waals surface area contributed by atoms with Gasteiger partial charge in [0.25, 0.3) is 0 Å². The number of aromatic nitrogens is 2. The van der Waals surface area contributed by atoms with Gasteiger partial charge in [-0.2, -0.15) is 25.4 Å². The fourth-order valence-corrected chi connectivity index (χ4v) is 6.96. The lowest BCUT2D eigenvalue weighted by Crippen LogP contribution is -2.48. The predicted molar refractivity (Wildman–Crippen MR) is 110 cm³/mol. The Labute approximate surface area is 189 Å². The third-order valence-corrected chi connectivity index (χ3v) is 8.88. The van der Waals surface area contributed by atoms with Crippen molar-refractivity contribution in [2.75, 3.05) is 24.3 Å². The third-order valence-electron chi connectivity index (χ3n) is 3.87. The number of thioether (sulfide) groups is 1. The third kappa shape index (κ3) is 7.08. The number of phosphoric ester groups is 1. The second-order valence-corrected chi connectivity index (χ2v) is 12.1. The van der Waals surface area contributed by atoms with Crippen LogP contribution in [0.5, 0.6) is 0 Å². The van der Waals surface area contributed by atoms with Crippen molar-refractivity contribution in [3.8, 4) is 0 Å². The Morgan fingerprint density at radius 1 is 1.28 bits per heavy atom. The molecular formula is C11H19ClN3O13P3S. The summed E-state index contributed by atoms with van der Waals surface area (Å²) in [7, 11) is -16.8. The fourth-order valence-electron chi connectivity index (χ4n) is 2.67. The van der Waals surface area contributed by atoms with Crippen molar-refractivity contribution in [1.29, 1.82) is 0 Å². The Morgan fingerprint density at radius 2 is 1.91 bits per heavy atom. The van der Waals surface area contributed by atoms with Gasteiger partial charge in [0.15, 0.2) is 6.23 Å². The molecule has 6 atom stereocenters. The lowest BCUT2D eigenvalue weighted by atomic mass is 10.00. The summed E-state index contributed by atoms with van der Waals surface area (Å²) >= 11 is 7.30. The average Bonchev–Trinajstić information content (AvgIpc) is 2.83. The standard InChI is InChI=1S/C11H19ClN3O13P3S/c1-32-5-11(4-25-30(21,22)28-31(23,24)27-29(18,19)20)8(16)7(12)9(26-11)15-3-2-6(13)14-10(15)17/h2-3,7-9,16H,4-5H2,1H3,(H,21,22)(H,23,24)(H2,13,14,17)(H2,18,19,20)/t7-,8+,9?,11+/m1/s1. The van der Waals surface area contributed by atoms with Gasteiger partial charge < -0.3 is 35.2 Å². The first-order valence-corrected chi connectivity index (χ1v) is 14.5. The monoisotopic (exact) mass is 561 g/mol. The van der Waals surface area contributed by atoms with E-state index in [2.05, 4.69) is 18.1 Å². The number of aliphatic hydroxyl groups excluding tert-OH is 1. The molecule has 1 aliphatic heterocycles. The highest BCUT2D eigenvalue weighted by Crippen LogP contribution is 2.66. The summed E-state index contributed by atoms with van der Waals surface area (Å²) in [6.45, 7) is -0.963. The van der Waals surface area contributed by atoms with E-state index in [1.54, 1.807) is 6.26 Å². The van der Waals surface area contributed by atoms with E-state index in [9.17, 15) is 33.4 Å². The number of anilines is 1. The van der Waals surface area contributed by atoms with Crippen LogP contribution in [0.4, 0.5) is 5.82 Å². The molecule has 0 saturated carbocycles. The number of alkyl halides is 1. The van der Waals surface area contributed by atoms with Crippen LogP contribution in [0.25, 0.3) is 0 Å². The van der Waals surface area contributed by atoms with Crippen molar-refractivity contribution in [1.82, 2.24) is 9.55 Å².